The van der Waals surface area contributed by atoms with E-state index >= 15 is 0 Å². The van der Waals surface area contributed by atoms with Gasteiger partial charge >= 0.3 is 0 Å². The first-order chi connectivity index (χ1) is 14.7. The number of phenolic OH excluding ortho intramolecular Hbond substituents is 1. The Morgan fingerprint density at radius 3 is 2.29 bits per heavy atom. The molecule has 0 saturated carbocycles. The third-order valence-electron chi connectivity index (χ3n) is 4.32. The number of rotatable bonds is 7. The van der Waals surface area contributed by atoms with Crippen molar-refractivity contribution in [1.82, 2.24) is 4.72 Å². The first-order valence-corrected chi connectivity index (χ1v) is 11.2. The lowest BCUT2D eigenvalue weighted by molar-refractivity contribution is 0.102. The molecule has 0 aromatic heterocycles. The number of amides is 1. The van der Waals surface area contributed by atoms with E-state index in [1.54, 1.807) is 12.1 Å². The molecule has 162 valence electrons. The molecule has 0 radical (unpaired) electrons. The van der Waals surface area contributed by atoms with E-state index in [1.165, 1.54) is 37.4 Å². The van der Waals surface area contributed by atoms with Crippen molar-refractivity contribution in [2.45, 2.75) is 11.4 Å². The predicted molar refractivity (Wildman–Crippen MR) is 120 cm³/mol. The van der Waals surface area contributed by atoms with Crippen LogP contribution in [0.3, 0.4) is 0 Å². The Bertz CT molecular complexity index is 1190. The first-order valence-electron chi connectivity index (χ1n) is 8.92. The molecule has 10 heteroatoms. The Balaban J connectivity index is 1.85. The third-order valence-corrected chi connectivity index (χ3v) is 6.29. The summed E-state index contributed by atoms with van der Waals surface area (Å²) < 4.78 is 33.2. The molecule has 1 amide bonds. The molecule has 0 aliphatic heterocycles. The van der Waals surface area contributed by atoms with Gasteiger partial charge in [0.05, 0.1) is 27.7 Å². The molecule has 3 N–H and O–H groups in total. The van der Waals surface area contributed by atoms with E-state index < -0.39 is 15.9 Å². The number of benzene rings is 3. The summed E-state index contributed by atoms with van der Waals surface area (Å²) in [5.74, 6) is -0.699. The van der Waals surface area contributed by atoms with Crippen LogP contribution < -0.4 is 14.8 Å². The van der Waals surface area contributed by atoms with Crippen LogP contribution in [0.5, 0.6) is 11.5 Å². The maximum absolute atomic E-state index is 12.7. The van der Waals surface area contributed by atoms with E-state index in [2.05, 4.69) is 10.0 Å². The molecule has 0 bridgehead atoms. The van der Waals surface area contributed by atoms with Crippen LogP contribution in [0.2, 0.25) is 10.0 Å². The van der Waals surface area contributed by atoms with Crippen molar-refractivity contribution in [3.63, 3.8) is 0 Å². The van der Waals surface area contributed by atoms with Crippen molar-refractivity contribution in [2.24, 2.45) is 0 Å². The van der Waals surface area contributed by atoms with Crippen molar-refractivity contribution in [2.75, 3.05) is 12.4 Å². The van der Waals surface area contributed by atoms with Crippen LogP contribution in [-0.4, -0.2) is 26.5 Å². The number of anilines is 1. The molecule has 0 spiro atoms. The number of hydrogen-bond acceptors (Lipinski definition) is 5. The van der Waals surface area contributed by atoms with Crippen LogP contribution >= 0.6 is 23.2 Å². The zero-order valence-corrected chi connectivity index (χ0v) is 18.6. The highest BCUT2D eigenvalue weighted by Gasteiger charge is 2.19. The summed E-state index contributed by atoms with van der Waals surface area (Å²) in [4.78, 5) is 12.6. The number of methoxy groups -OCH3 is 1. The highest BCUT2D eigenvalue weighted by atomic mass is 35.5. The van der Waals surface area contributed by atoms with Crippen LogP contribution in [-0.2, 0) is 16.6 Å². The van der Waals surface area contributed by atoms with Gasteiger partial charge in [-0.2, -0.15) is 0 Å². The number of aromatic hydroxyl groups is 1. The summed E-state index contributed by atoms with van der Waals surface area (Å²) in [7, 11) is -2.47. The second-order valence-electron chi connectivity index (χ2n) is 6.41. The molecule has 0 fully saturated rings. The summed E-state index contributed by atoms with van der Waals surface area (Å²) in [5.41, 5.74) is 1.01. The van der Waals surface area contributed by atoms with Gasteiger partial charge in [-0.15, -0.1) is 0 Å². The van der Waals surface area contributed by atoms with Gasteiger partial charge in [0, 0.05) is 12.1 Å². The van der Waals surface area contributed by atoms with Crippen molar-refractivity contribution >= 4 is 44.8 Å². The van der Waals surface area contributed by atoms with E-state index in [1.807, 2.05) is 18.2 Å². The quantitative estimate of drug-likeness (QED) is 0.463. The Morgan fingerprint density at radius 2 is 1.68 bits per heavy atom. The number of ether oxygens (including phenoxy) is 1. The predicted octanol–water partition coefficient (Wildman–Crippen LogP) is 4.44. The minimum atomic E-state index is -3.86. The Hall–Kier alpha value is -2.78. The molecule has 3 rings (SSSR count). The van der Waals surface area contributed by atoms with Gasteiger partial charge in [-0.3, -0.25) is 4.79 Å². The minimum absolute atomic E-state index is 0.0543. The molecule has 0 saturated heterocycles. The van der Waals surface area contributed by atoms with Gasteiger partial charge < -0.3 is 15.2 Å². The molecule has 7 nitrogen and oxygen atoms in total. The molecule has 3 aromatic rings. The fourth-order valence-corrected chi connectivity index (χ4v) is 4.23. The maximum atomic E-state index is 12.7. The first kappa shape index (κ1) is 22.9. The average Bonchev–Trinajstić information content (AvgIpc) is 2.76. The molecular formula is C21H18Cl2N2O5S. The van der Waals surface area contributed by atoms with Gasteiger partial charge in [0.1, 0.15) is 5.75 Å². The summed E-state index contributed by atoms with van der Waals surface area (Å²) >= 11 is 11.7. The molecule has 3 aromatic carbocycles. The molecule has 0 aliphatic carbocycles. The largest absolute Gasteiger partial charge is 0.505 e. The highest BCUT2D eigenvalue weighted by Crippen LogP contribution is 2.34. The lowest BCUT2D eigenvalue weighted by Crippen LogP contribution is -2.23. The normalized spacial score (nSPS) is 11.2. The van der Waals surface area contributed by atoms with Gasteiger partial charge in [0.2, 0.25) is 10.0 Å². The summed E-state index contributed by atoms with van der Waals surface area (Å²) in [6.45, 7) is 0.113. The van der Waals surface area contributed by atoms with Gasteiger partial charge in [0.15, 0.2) is 5.75 Å². The molecule has 0 heterocycles. The standard InChI is InChI=1S/C21H18Cl2N2O5S/c1-30-19-8-7-15(31(28,29)24-12-13-5-3-2-4-6-13)11-18(19)25-21(27)14-9-16(22)20(26)17(23)10-14/h2-11,24,26H,12H2,1H3,(H,25,27). The second kappa shape index (κ2) is 9.57. The number of carbonyl (C=O) groups is 1. The smallest absolute Gasteiger partial charge is 0.255 e. The Morgan fingerprint density at radius 1 is 1.03 bits per heavy atom. The molecule has 0 aliphatic rings. The van der Waals surface area contributed by atoms with Gasteiger partial charge in [-0.05, 0) is 35.9 Å². The van der Waals surface area contributed by atoms with Crippen molar-refractivity contribution in [3.05, 3.63) is 81.8 Å². The monoisotopic (exact) mass is 480 g/mol. The summed E-state index contributed by atoms with van der Waals surface area (Å²) in [5, 5.41) is 12.1. The summed E-state index contributed by atoms with van der Waals surface area (Å²) in [6.07, 6.45) is 0. The zero-order valence-electron chi connectivity index (χ0n) is 16.2. The topological polar surface area (TPSA) is 105 Å². The number of nitrogens with one attached hydrogen (secondary N) is 2. The number of carbonyl (C=O) groups excluding carboxylic acids is 1. The van der Waals surface area contributed by atoms with Crippen LogP contribution in [0.4, 0.5) is 5.69 Å². The lowest BCUT2D eigenvalue weighted by Gasteiger charge is -2.13. The Labute approximate surface area is 189 Å². The second-order valence-corrected chi connectivity index (χ2v) is 9.00. The van der Waals surface area contributed by atoms with Crippen LogP contribution in [0.15, 0.2) is 65.6 Å². The van der Waals surface area contributed by atoms with E-state index in [0.29, 0.717) is 0 Å². The molecule has 31 heavy (non-hydrogen) atoms. The van der Waals surface area contributed by atoms with E-state index in [0.717, 1.165) is 5.56 Å². The van der Waals surface area contributed by atoms with Gasteiger partial charge in [-0.1, -0.05) is 53.5 Å². The fraction of sp³-hybridized carbons (Fsp3) is 0.0952. The van der Waals surface area contributed by atoms with Crippen molar-refractivity contribution < 1.29 is 23.1 Å². The summed E-state index contributed by atoms with van der Waals surface area (Å²) in [6, 6.07) is 15.6. The van der Waals surface area contributed by atoms with Crippen molar-refractivity contribution in [3.8, 4) is 11.5 Å². The minimum Gasteiger partial charge on any atom is -0.505 e. The lowest BCUT2D eigenvalue weighted by atomic mass is 10.2. The number of halogens is 2. The van der Waals surface area contributed by atoms with Crippen LogP contribution in [0, 0.1) is 0 Å². The van der Waals surface area contributed by atoms with Gasteiger partial charge in [0.25, 0.3) is 5.91 Å². The highest BCUT2D eigenvalue weighted by molar-refractivity contribution is 7.89. The average molecular weight is 481 g/mol. The zero-order chi connectivity index (χ0) is 22.6. The maximum Gasteiger partial charge on any atom is 0.255 e. The third kappa shape index (κ3) is 5.48. The Kier molecular flexibility index (Phi) is 7.07. The SMILES string of the molecule is COc1ccc(S(=O)(=O)NCc2ccccc2)cc1NC(=O)c1cc(Cl)c(O)c(Cl)c1. The fourth-order valence-electron chi connectivity index (χ4n) is 2.70. The molecule has 0 unspecified atom stereocenters. The van der Waals surface area contributed by atoms with Crippen LogP contribution in [0.1, 0.15) is 15.9 Å². The molecular weight excluding hydrogens is 463 g/mol. The van der Waals surface area contributed by atoms with E-state index in [4.69, 9.17) is 27.9 Å². The van der Waals surface area contributed by atoms with Gasteiger partial charge in [-0.25, -0.2) is 13.1 Å². The molecule has 0 atom stereocenters. The van der Waals surface area contributed by atoms with Crippen molar-refractivity contribution in [1.29, 1.82) is 0 Å². The van der Waals surface area contributed by atoms with E-state index in [-0.39, 0.29) is 44.2 Å². The number of sulfonamides is 1. The van der Waals surface area contributed by atoms with E-state index in [9.17, 15) is 18.3 Å². The van der Waals surface area contributed by atoms with Crippen LogP contribution in [0.25, 0.3) is 0 Å². The number of hydrogen-bond donors (Lipinski definition) is 3. The number of phenols is 1.